The van der Waals surface area contributed by atoms with Crippen LogP contribution in [0, 0.1) is 11.3 Å². The average molecular weight is 331 g/mol. The first-order valence-corrected chi connectivity index (χ1v) is 6.68. The first kappa shape index (κ1) is 11.4. The van der Waals surface area contributed by atoms with E-state index in [0.717, 1.165) is 28.3 Å². The lowest BCUT2D eigenvalue weighted by molar-refractivity contribution is 0.594. The number of halogens is 3. The molecule has 0 N–H and O–H groups in total. The van der Waals surface area contributed by atoms with Crippen LogP contribution in [0.3, 0.4) is 0 Å². The minimum Gasteiger partial charge on any atom is -0.444 e. The zero-order chi connectivity index (χ0) is 12.2. The topological polar surface area (TPSA) is 36.9 Å². The number of nitrogens with zero attached hydrogens (tertiary/aromatic N) is 1. The fourth-order valence-electron chi connectivity index (χ4n) is 2.03. The third-order valence-electron chi connectivity index (χ3n) is 2.93. The highest BCUT2D eigenvalue weighted by Crippen LogP contribution is 2.50. The van der Waals surface area contributed by atoms with E-state index in [1.54, 1.807) is 6.07 Å². The maximum Gasteiger partial charge on any atom is 0.208 e. The van der Waals surface area contributed by atoms with Crippen molar-refractivity contribution in [3.05, 3.63) is 31.9 Å². The molecule has 1 fully saturated rings. The molecular formula is C12H6BrCl2NO. The van der Waals surface area contributed by atoms with Gasteiger partial charge in [0.05, 0.1) is 10.0 Å². The van der Waals surface area contributed by atoms with E-state index < -0.39 is 0 Å². The Morgan fingerprint density at radius 2 is 2.12 bits per heavy atom. The average Bonchev–Trinajstić information content (AvgIpc) is 3.06. The summed E-state index contributed by atoms with van der Waals surface area (Å²) in [6.07, 6.45) is 2.15. The van der Waals surface area contributed by atoms with E-state index in [2.05, 4.69) is 22.0 Å². The van der Waals surface area contributed by atoms with Gasteiger partial charge in [-0.15, -0.1) is 0 Å². The Morgan fingerprint density at radius 1 is 1.41 bits per heavy atom. The standard InChI is InChI=1S/C12H6BrCl2NO/c13-6-3-7(14)12-10(11(6)15)9(5-1-2-5)8(4-16)17-12/h3,5H,1-2H2. The lowest BCUT2D eigenvalue weighted by Crippen LogP contribution is -1.82. The number of rotatable bonds is 1. The second-order valence-electron chi connectivity index (χ2n) is 4.09. The molecule has 2 nitrogen and oxygen atoms in total. The van der Waals surface area contributed by atoms with Gasteiger partial charge in [0.25, 0.3) is 0 Å². The van der Waals surface area contributed by atoms with Crippen LogP contribution in [-0.2, 0) is 0 Å². The van der Waals surface area contributed by atoms with Crippen molar-refractivity contribution in [2.75, 3.05) is 0 Å². The molecule has 0 atom stereocenters. The number of fused-ring (bicyclic) bond motifs is 1. The number of hydrogen-bond donors (Lipinski definition) is 0. The maximum atomic E-state index is 9.11. The molecule has 0 radical (unpaired) electrons. The van der Waals surface area contributed by atoms with Crippen molar-refractivity contribution in [2.24, 2.45) is 0 Å². The molecule has 0 bridgehead atoms. The van der Waals surface area contributed by atoms with Crippen LogP contribution >= 0.6 is 39.1 Å². The number of hydrogen-bond acceptors (Lipinski definition) is 2. The second-order valence-corrected chi connectivity index (χ2v) is 5.73. The molecule has 1 heterocycles. The van der Waals surface area contributed by atoms with Gasteiger partial charge in [0.15, 0.2) is 5.58 Å². The fourth-order valence-corrected chi connectivity index (χ4v) is 3.08. The number of benzene rings is 1. The molecule has 0 amide bonds. The quantitative estimate of drug-likeness (QED) is 0.669. The predicted molar refractivity (Wildman–Crippen MR) is 70.6 cm³/mol. The molecule has 3 rings (SSSR count). The van der Waals surface area contributed by atoms with Crippen molar-refractivity contribution in [1.82, 2.24) is 0 Å². The van der Waals surface area contributed by atoms with Crippen molar-refractivity contribution in [2.45, 2.75) is 18.8 Å². The molecule has 0 aliphatic heterocycles. The normalized spacial score (nSPS) is 15.2. The van der Waals surface area contributed by atoms with Crippen molar-refractivity contribution in [1.29, 1.82) is 5.26 Å². The first-order valence-electron chi connectivity index (χ1n) is 5.13. The Hall–Kier alpha value is -0.690. The molecule has 86 valence electrons. The van der Waals surface area contributed by atoms with Gasteiger partial charge in [0.1, 0.15) is 6.07 Å². The zero-order valence-corrected chi connectivity index (χ0v) is 11.7. The summed E-state index contributed by atoms with van der Waals surface area (Å²) in [5, 5.41) is 10.9. The van der Waals surface area contributed by atoms with Gasteiger partial charge in [0.2, 0.25) is 5.76 Å². The van der Waals surface area contributed by atoms with E-state index >= 15 is 0 Å². The molecule has 1 aromatic carbocycles. The van der Waals surface area contributed by atoms with E-state index in [4.69, 9.17) is 32.9 Å². The molecule has 2 aromatic rings. The third kappa shape index (κ3) is 1.67. The van der Waals surface area contributed by atoms with Gasteiger partial charge in [-0.3, -0.25) is 0 Å². The van der Waals surface area contributed by atoms with Crippen molar-refractivity contribution >= 4 is 50.1 Å². The van der Waals surface area contributed by atoms with Crippen LogP contribution in [0.1, 0.15) is 30.1 Å². The van der Waals surface area contributed by atoms with Gasteiger partial charge >= 0.3 is 0 Å². The molecule has 0 spiro atoms. The summed E-state index contributed by atoms with van der Waals surface area (Å²) in [6, 6.07) is 3.77. The number of furan rings is 1. The van der Waals surface area contributed by atoms with E-state index in [0.29, 0.717) is 27.3 Å². The summed E-state index contributed by atoms with van der Waals surface area (Å²) >= 11 is 15.7. The second kappa shape index (κ2) is 3.91. The van der Waals surface area contributed by atoms with Crippen LogP contribution in [0.2, 0.25) is 10.0 Å². The Balaban J connectivity index is 2.47. The molecule has 1 aliphatic carbocycles. The van der Waals surface area contributed by atoms with Gasteiger partial charge in [-0.1, -0.05) is 23.2 Å². The highest BCUT2D eigenvalue weighted by Gasteiger charge is 2.33. The van der Waals surface area contributed by atoms with Crippen molar-refractivity contribution in [3.8, 4) is 6.07 Å². The summed E-state index contributed by atoms with van der Waals surface area (Å²) in [5.41, 5.74) is 1.43. The van der Waals surface area contributed by atoms with Crippen LogP contribution in [0.25, 0.3) is 11.0 Å². The summed E-state index contributed by atoms with van der Waals surface area (Å²) in [4.78, 5) is 0. The fraction of sp³-hybridized carbons (Fsp3) is 0.250. The molecule has 5 heteroatoms. The van der Waals surface area contributed by atoms with E-state index in [1.165, 1.54) is 0 Å². The smallest absolute Gasteiger partial charge is 0.208 e. The summed E-state index contributed by atoms with van der Waals surface area (Å²) in [7, 11) is 0. The molecular weight excluding hydrogens is 325 g/mol. The summed E-state index contributed by atoms with van der Waals surface area (Å²) < 4.78 is 6.24. The van der Waals surface area contributed by atoms with Gasteiger partial charge in [0, 0.05) is 15.4 Å². The highest BCUT2D eigenvalue weighted by atomic mass is 79.9. The highest BCUT2D eigenvalue weighted by molar-refractivity contribution is 9.10. The molecule has 0 unspecified atom stereocenters. The van der Waals surface area contributed by atoms with Crippen LogP contribution in [0.15, 0.2) is 15.0 Å². The maximum absolute atomic E-state index is 9.11. The number of nitriles is 1. The third-order valence-corrected chi connectivity index (χ3v) is 4.46. The minimum atomic E-state index is 0.337. The van der Waals surface area contributed by atoms with Crippen molar-refractivity contribution < 1.29 is 4.42 Å². The van der Waals surface area contributed by atoms with Gasteiger partial charge in [-0.25, -0.2) is 0 Å². The molecule has 17 heavy (non-hydrogen) atoms. The van der Waals surface area contributed by atoms with Crippen LogP contribution < -0.4 is 0 Å². The Bertz CT molecular complexity index is 667. The summed E-state index contributed by atoms with van der Waals surface area (Å²) in [6.45, 7) is 0. The molecule has 0 saturated heterocycles. The predicted octanol–water partition coefficient (Wildman–Crippen LogP) is 5.25. The summed E-state index contributed by atoms with van der Waals surface area (Å²) in [5.74, 6) is 0.721. The first-order chi connectivity index (χ1) is 8.13. The van der Waals surface area contributed by atoms with E-state index in [1.807, 2.05) is 0 Å². The van der Waals surface area contributed by atoms with Gasteiger partial charge < -0.3 is 4.42 Å². The SMILES string of the molecule is N#Cc1oc2c(Cl)cc(Br)c(Cl)c2c1C1CC1. The van der Waals surface area contributed by atoms with Crippen molar-refractivity contribution in [3.63, 3.8) is 0 Å². The van der Waals surface area contributed by atoms with Crippen LogP contribution in [-0.4, -0.2) is 0 Å². The Labute approximate surface area is 116 Å². The zero-order valence-electron chi connectivity index (χ0n) is 8.56. The molecule has 1 saturated carbocycles. The minimum absolute atomic E-state index is 0.337. The Morgan fingerprint density at radius 3 is 2.71 bits per heavy atom. The Kier molecular flexibility index (Phi) is 2.62. The van der Waals surface area contributed by atoms with E-state index in [-0.39, 0.29) is 0 Å². The van der Waals surface area contributed by atoms with Crippen LogP contribution in [0.5, 0.6) is 0 Å². The van der Waals surface area contributed by atoms with E-state index in [9.17, 15) is 0 Å². The molecule has 1 aromatic heterocycles. The van der Waals surface area contributed by atoms with Gasteiger partial charge in [-0.05, 0) is 40.8 Å². The molecule has 1 aliphatic rings. The van der Waals surface area contributed by atoms with Crippen LogP contribution in [0.4, 0.5) is 0 Å². The monoisotopic (exact) mass is 329 g/mol. The lowest BCUT2D eigenvalue weighted by Gasteiger charge is -2.01. The lowest BCUT2D eigenvalue weighted by atomic mass is 10.1. The largest absolute Gasteiger partial charge is 0.444 e. The van der Waals surface area contributed by atoms with Gasteiger partial charge in [-0.2, -0.15) is 5.26 Å².